The standard InChI is InChI=1S/C22H27ClN4O2/c1-14-5-7-17(23)12-18(14)25-22(29)21(28)24-13-20(26(2)3)15-6-8-19-16(11-15)9-10-27(19)4/h5-8,11-12,20H,9-10,13H2,1-4H3,(H,24,28)(H,25,29)/t20-/m0/s1. The van der Waals surface area contributed by atoms with Gasteiger partial charge >= 0.3 is 11.8 Å². The fourth-order valence-corrected chi connectivity index (χ4v) is 3.74. The van der Waals surface area contributed by atoms with Crippen molar-refractivity contribution in [3.8, 4) is 0 Å². The number of anilines is 2. The van der Waals surface area contributed by atoms with Crippen LogP contribution >= 0.6 is 11.6 Å². The van der Waals surface area contributed by atoms with E-state index in [1.54, 1.807) is 18.2 Å². The van der Waals surface area contributed by atoms with E-state index in [0.29, 0.717) is 17.3 Å². The molecule has 0 saturated heterocycles. The highest BCUT2D eigenvalue weighted by Crippen LogP contribution is 2.30. The molecule has 0 bridgehead atoms. The summed E-state index contributed by atoms with van der Waals surface area (Å²) in [6.07, 6.45) is 1.02. The van der Waals surface area contributed by atoms with E-state index < -0.39 is 11.8 Å². The molecule has 1 atom stereocenters. The van der Waals surface area contributed by atoms with Gasteiger partial charge in [-0.05, 0) is 62.3 Å². The van der Waals surface area contributed by atoms with E-state index in [0.717, 1.165) is 24.1 Å². The largest absolute Gasteiger partial charge is 0.374 e. The molecule has 3 rings (SSSR count). The lowest BCUT2D eigenvalue weighted by Crippen LogP contribution is -2.40. The number of nitrogens with zero attached hydrogens (tertiary/aromatic N) is 2. The molecular formula is C22H27ClN4O2. The number of benzene rings is 2. The Balaban J connectivity index is 1.65. The van der Waals surface area contributed by atoms with Gasteiger partial charge in [0.1, 0.15) is 0 Å². The van der Waals surface area contributed by atoms with Crippen LogP contribution in [0.15, 0.2) is 36.4 Å². The molecule has 154 valence electrons. The third-order valence-corrected chi connectivity index (χ3v) is 5.58. The molecule has 29 heavy (non-hydrogen) atoms. The fourth-order valence-electron chi connectivity index (χ4n) is 3.57. The molecule has 0 unspecified atom stereocenters. The average molecular weight is 415 g/mol. The number of hydrogen-bond donors (Lipinski definition) is 2. The van der Waals surface area contributed by atoms with Crippen LogP contribution in [0.2, 0.25) is 5.02 Å². The lowest BCUT2D eigenvalue weighted by Gasteiger charge is -2.26. The summed E-state index contributed by atoms with van der Waals surface area (Å²) >= 11 is 5.97. The molecule has 2 aromatic carbocycles. The lowest BCUT2D eigenvalue weighted by atomic mass is 10.0. The molecule has 0 aliphatic carbocycles. The number of rotatable bonds is 5. The van der Waals surface area contributed by atoms with Crippen molar-refractivity contribution in [2.24, 2.45) is 0 Å². The van der Waals surface area contributed by atoms with E-state index in [2.05, 4.69) is 40.8 Å². The zero-order valence-electron chi connectivity index (χ0n) is 17.3. The predicted octanol–water partition coefficient (Wildman–Crippen LogP) is 3.00. The van der Waals surface area contributed by atoms with E-state index in [-0.39, 0.29) is 6.04 Å². The molecule has 2 amide bonds. The van der Waals surface area contributed by atoms with Crippen molar-refractivity contribution in [3.05, 3.63) is 58.1 Å². The van der Waals surface area contributed by atoms with Crippen LogP contribution in [0.3, 0.4) is 0 Å². The van der Waals surface area contributed by atoms with Crippen molar-refractivity contribution in [2.45, 2.75) is 19.4 Å². The van der Waals surface area contributed by atoms with Crippen LogP contribution in [0.25, 0.3) is 0 Å². The van der Waals surface area contributed by atoms with Gasteiger partial charge in [0.2, 0.25) is 0 Å². The summed E-state index contributed by atoms with van der Waals surface area (Å²) in [4.78, 5) is 28.9. The Morgan fingerprint density at radius 3 is 2.66 bits per heavy atom. The molecule has 6 nitrogen and oxygen atoms in total. The summed E-state index contributed by atoms with van der Waals surface area (Å²) in [5, 5.41) is 5.89. The quantitative estimate of drug-likeness (QED) is 0.738. The number of likely N-dealkylation sites (N-methyl/N-ethyl adjacent to an activating group) is 2. The lowest BCUT2D eigenvalue weighted by molar-refractivity contribution is -0.136. The maximum atomic E-state index is 12.4. The summed E-state index contributed by atoms with van der Waals surface area (Å²) in [5.74, 6) is -1.37. The minimum Gasteiger partial charge on any atom is -0.374 e. The Morgan fingerprint density at radius 1 is 1.17 bits per heavy atom. The molecule has 2 aromatic rings. The first kappa shape index (κ1) is 21.1. The second kappa shape index (κ2) is 8.84. The topological polar surface area (TPSA) is 64.7 Å². The van der Waals surface area contributed by atoms with Crippen molar-refractivity contribution >= 4 is 34.8 Å². The number of nitrogens with one attached hydrogen (secondary N) is 2. The molecule has 1 heterocycles. The third kappa shape index (κ3) is 4.89. The van der Waals surface area contributed by atoms with E-state index >= 15 is 0 Å². The molecular weight excluding hydrogens is 388 g/mol. The monoisotopic (exact) mass is 414 g/mol. The first-order valence-electron chi connectivity index (χ1n) is 9.62. The zero-order valence-corrected chi connectivity index (χ0v) is 18.0. The van der Waals surface area contributed by atoms with Crippen LogP contribution in [0.5, 0.6) is 0 Å². The molecule has 0 spiro atoms. The Hall–Kier alpha value is -2.57. The van der Waals surface area contributed by atoms with Crippen molar-refractivity contribution in [1.82, 2.24) is 10.2 Å². The van der Waals surface area contributed by atoms with Gasteiger partial charge in [-0.1, -0.05) is 29.8 Å². The highest BCUT2D eigenvalue weighted by molar-refractivity contribution is 6.40. The maximum Gasteiger partial charge on any atom is 0.313 e. The summed E-state index contributed by atoms with van der Waals surface area (Å²) in [5.41, 5.74) is 5.06. The fraction of sp³-hybridized carbons (Fsp3) is 0.364. The normalized spacial score (nSPS) is 13.9. The number of hydrogen-bond acceptors (Lipinski definition) is 4. The number of fused-ring (bicyclic) bond motifs is 1. The molecule has 1 aliphatic rings. The average Bonchev–Trinajstić information content (AvgIpc) is 3.05. The van der Waals surface area contributed by atoms with Crippen LogP contribution < -0.4 is 15.5 Å². The zero-order chi connectivity index (χ0) is 21.1. The van der Waals surface area contributed by atoms with Crippen LogP contribution in [0.1, 0.15) is 22.7 Å². The molecule has 1 aliphatic heterocycles. The summed E-state index contributed by atoms with van der Waals surface area (Å²) in [6.45, 7) is 3.20. The van der Waals surface area contributed by atoms with Gasteiger partial charge in [0.05, 0.1) is 6.04 Å². The van der Waals surface area contributed by atoms with Gasteiger partial charge in [0.25, 0.3) is 0 Å². The number of amides is 2. The number of carbonyl (C=O) groups excluding carboxylic acids is 2. The molecule has 0 fully saturated rings. The van der Waals surface area contributed by atoms with Gasteiger partial charge in [-0.2, -0.15) is 0 Å². The van der Waals surface area contributed by atoms with E-state index in [1.165, 1.54) is 11.3 Å². The minimum absolute atomic E-state index is 0.0316. The van der Waals surface area contributed by atoms with Crippen molar-refractivity contribution in [1.29, 1.82) is 0 Å². The van der Waals surface area contributed by atoms with E-state index in [1.807, 2.05) is 25.9 Å². The van der Waals surface area contributed by atoms with Gasteiger partial charge in [0.15, 0.2) is 0 Å². The predicted molar refractivity (Wildman–Crippen MR) is 118 cm³/mol. The van der Waals surface area contributed by atoms with Crippen LogP contribution in [-0.2, 0) is 16.0 Å². The number of aryl methyl sites for hydroxylation is 1. The maximum absolute atomic E-state index is 12.4. The van der Waals surface area contributed by atoms with Gasteiger partial charge in [0, 0.05) is 36.5 Å². The van der Waals surface area contributed by atoms with Crippen LogP contribution in [0, 0.1) is 6.92 Å². The van der Waals surface area contributed by atoms with Crippen LogP contribution in [-0.4, -0.2) is 50.9 Å². The van der Waals surface area contributed by atoms with Gasteiger partial charge in [-0.25, -0.2) is 0 Å². The third-order valence-electron chi connectivity index (χ3n) is 5.35. The number of carbonyl (C=O) groups is 2. The summed E-state index contributed by atoms with van der Waals surface area (Å²) in [6, 6.07) is 11.6. The number of halogens is 1. The minimum atomic E-state index is -0.705. The van der Waals surface area contributed by atoms with Crippen molar-refractivity contribution in [2.75, 3.05) is 44.4 Å². The van der Waals surface area contributed by atoms with E-state index in [9.17, 15) is 9.59 Å². The first-order chi connectivity index (χ1) is 13.8. The van der Waals surface area contributed by atoms with Gasteiger partial charge < -0.3 is 20.4 Å². The second-order valence-electron chi connectivity index (χ2n) is 7.66. The molecule has 0 saturated carbocycles. The molecule has 7 heteroatoms. The Labute approximate surface area is 176 Å². The highest BCUT2D eigenvalue weighted by Gasteiger charge is 2.22. The first-order valence-corrected chi connectivity index (χ1v) is 9.99. The molecule has 2 N–H and O–H groups in total. The van der Waals surface area contributed by atoms with Crippen LogP contribution in [0.4, 0.5) is 11.4 Å². The van der Waals surface area contributed by atoms with Crippen molar-refractivity contribution < 1.29 is 9.59 Å². The van der Waals surface area contributed by atoms with E-state index in [4.69, 9.17) is 11.6 Å². The smallest absolute Gasteiger partial charge is 0.313 e. The second-order valence-corrected chi connectivity index (χ2v) is 8.10. The Bertz CT molecular complexity index is 929. The van der Waals surface area contributed by atoms with Gasteiger partial charge in [-0.3, -0.25) is 9.59 Å². The van der Waals surface area contributed by atoms with Crippen molar-refractivity contribution in [3.63, 3.8) is 0 Å². The Kier molecular flexibility index (Phi) is 6.45. The highest BCUT2D eigenvalue weighted by atomic mass is 35.5. The molecule has 0 aromatic heterocycles. The van der Waals surface area contributed by atoms with Gasteiger partial charge in [-0.15, -0.1) is 0 Å². The summed E-state index contributed by atoms with van der Waals surface area (Å²) in [7, 11) is 6.02. The SMILES string of the molecule is Cc1ccc(Cl)cc1NC(=O)C(=O)NC[C@@H](c1ccc2c(c1)CCN2C)N(C)C. The Morgan fingerprint density at radius 2 is 1.93 bits per heavy atom. The molecule has 0 radical (unpaired) electrons. The summed E-state index contributed by atoms with van der Waals surface area (Å²) < 4.78 is 0.